The van der Waals surface area contributed by atoms with E-state index in [0.29, 0.717) is 18.4 Å². The van der Waals surface area contributed by atoms with Crippen LogP contribution in [0.2, 0.25) is 0 Å². The van der Waals surface area contributed by atoms with Crippen LogP contribution in [0.3, 0.4) is 0 Å². The molecule has 0 saturated heterocycles. The number of carbonyl (C=O) groups excluding carboxylic acids is 5. The third kappa shape index (κ3) is 13.0. The summed E-state index contributed by atoms with van der Waals surface area (Å²) < 4.78 is 11.2. The number of amides is 2. The molecule has 11 nitrogen and oxygen atoms in total. The van der Waals surface area contributed by atoms with E-state index in [0.717, 1.165) is 22.3 Å². The van der Waals surface area contributed by atoms with Gasteiger partial charge in [-0.3, -0.25) is 24.1 Å². The van der Waals surface area contributed by atoms with Crippen molar-refractivity contribution in [1.29, 1.82) is 0 Å². The molecule has 1 N–H and O–H groups in total. The zero-order valence-corrected chi connectivity index (χ0v) is 35.7. The van der Waals surface area contributed by atoms with Crippen molar-refractivity contribution >= 4 is 29.5 Å². The number of methoxy groups -OCH3 is 1. The standard InChI is InChI=1S/C46H63N3O8/c1-12-32(6)42(57-46(55)39(47(7)8)26-33-17-13-30(4)14-18-33)41(51)28-37(29(2)3)43(52)48(9)38(25-35-21-23-36(50)24-22-35)44(53)49(10)40(45(54)56-11)27-34-19-15-31(5)16-20-34/h13-24,29,32,37-40,42,50H,12,25-28H2,1-11H3/t32-,37+,38-,39-,40-,42+/m0/s1. The van der Waals surface area contributed by atoms with Gasteiger partial charge in [-0.25, -0.2) is 4.79 Å². The molecule has 0 aliphatic heterocycles. The van der Waals surface area contributed by atoms with Gasteiger partial charge in [0, 0.05) is 45.2 Å². The van der Waals surface area contributed by atoms with Gasteiger partial charge in [0.15, 0.2) is 11.9 Å². The van der Waals surface area contributed by atoms with E-state index < -0.39 is 53.9 Å². The fourth-order valence-electron chi connectivity index (χ4n) is 6.79. The number of likely N-dealkylation sites (N-methyl/N-ethyl adjacent to an activating group) is 3. The van der Waals surface area contributed by atoms with Crippen molar-refractivity contribution in [3.8, 4) is 5.75 Å². The van der Waals surface area contributed by atoms with Crippen LogP contribution < -0.4 is 0 Å². The number of phenolic OH excluding ortho intramolecular Hbond substituents is 1. The average molecular weight is 786 g/mol. The molecule has 11 heteroatoms. The highest BCUT2D eigenvalue weighted by atomic mass is 16.5. The summed E-state index contributed by atoms with van der Waals surface area (Å²) in [6.45, 7) is 11.4. The summed E-state index contributed by atoms with van der Waals surface area (Å²) in [4.78, 5) is 74.7. The van der Waals surface area contributed by atoms with E-state index in [1.54, 1.807) is 31.1 Å². The van der Waals surface area contributed by atoms with Gasteiger partial charge in [-0.15, -0.1) is 0 Å². The number of ketones is 1. The SMILES string of the molecule is CC[C@H](C)[C@@H](OC(=O)[C@H](Cc1ccc(C)cc1)N(C)C)C(=O)C[C@@H](C(=O)N(C)[C@@H](Cc1ccc(O)cc1)C(=O)N(C)[C@@H](Cc1ccc(C)cc1)C(=O)OC)C(C)C. The minimum absolute atomic E-state index is 0.0500. The van der Waals surface area contributed by atoms with E-state index in [1.165, 1.54) is 43.1 Å². The van der Waals surface area contributed by atoms with Gasteiger partial charge in [0.1, 0.15) is 23.9 Å². The number of esters is 2. The van der Waals surface area contributed by atoms with Crippen molar-refractivity contribution in [3.63, 3.8) is 0 Å². The van der Waals surface area contributed by atoms with E-state index >= 15 is 0 Å². The molecule has 2 amide bonds. The number of aryl methyl sites for hydroxylation is 2. The van der Waals surface area contributed by atoms with Crippen LogP contribution in [0.25, 0.3) is 0 Å². The van der Waals surface area contributed by atoms with Crippen molar-refractivity contribution < 1.29 is 38.6 Å². The zero-order chi connectivity index (χ0) is 42.6. The first-order valence-corrected chi connectivity index (χ1v) is 19.8. The second kappa shape index (κ2) is 21.5. The lowest BCUT2D eigenvalue weighted by Crippen LogP contribution is -2.55. The number of ether oxygens (including phenoxy) is 2. The summed E-state index contributed by atoms with van der Waals surface area (Å²) in [5, 5.41) is 9.95. The van der Waals surface area contributed by atoms with Crippen LogP contribution in [0.5, 0.6) is 5.75 Å². The van der Waals surface area contributed by atoms with E-state index in [4.69, 9.17) is 9.47 Å². The van der Waals surface area contributed by atoms with Crippen molar-refractivity contribution in [3.05, 3.63) is 101 Å². The Bertz CT molecular complexity index is 1790. The molecule has 3 aromatic rings. The van der Waals surface area contributed by atoms with Crippen molar-refractivity contribution in [2.75, 3.05) is 35.3 Å². The molecule has 3 aromatic carbocycles. The van der Waals surface area contributed by atoms with Gasteiger partial charge in [-0.2, -0.15) is 0 Å². The van der Waals surface area contributed by atoms with E-state index in [9.17, 15) is 29.1 Å². The molecule has 0 unspecified atom stereocenters. The summed E-state index contributed by atoms with van der Waals surface area (Å²) >= 11 is 0. The predicted octanol–water partition coefficient (Wildman–Crippen LogP) is 5.98. The molecule has 0 aliphatic rings. The third-order valence-corrected chi connectivity index (χ3v) is 11.0. The van der Waals surface area contributed by atoms with Gasteiger partial charge in [0.25, 0.3) is 0 Å². The minimum atomic E-state index is -1.08. The molecule has 0 fully saturated rings. The second-order valence-electron chi connectivity index (χ2n) is 15.9. The van der Waals surface area contributed by atoms with Gasteiger partial charge < -0.3 is 24.4 Å². The maximum Gasteiger partial charge on any atom is 0.328 e. The third-order valence-electron chi connectivity index (χ3n) is 11.0. The first-order valence-electron chi connectivity index (χ1n) is 19.8. The maximum atomic E-state index is 14.6. The Labute approximate surface area is 339 Å². The van der Waals surface area contributed by atoms with Gasteiger partial charge >= 0.3 is 11.9 Å². The van der Waals surface area contributed by atoms with Crippen LogP contribution in [-0.2, 0) is 52.7 Å². The van der Waals surface area contributed by atoms with Gasteiger partial charge in [-0.1, -0.05) is 99.5 Å². The fraction of sp³-hybridized carbons (Fsp3) is 0.500. The number of hydrogen-bond acceptors (Lipinski definition) is 9. The molecular formula is C46H63N3O8. The predicted molar refractivity (Wildman–Crippen MR) is 221 cm³/mol. The zero-order valence-electron chi connectivity index (χ0n) is 35.7. The van der Waals surface area contributed by atoms with Crippen LogP contribution in [0.1, 0.15) is 68.4 Å². The number of benzene rings is 3. The lowest BCUT2D eigenvalue weighted by atomic mass is 9.85. The summed E-state index contributed by atoms with van der Waals surface area (Å²) in [5.74, 6) is -3.85. The highest BCUT2D eigenvalue weighted by Gasteiger charge is 2.40. The van der Waals surface area contributed by atoms with E-state index in [-0.39, 0.29) is 42.6 Å². The molecule has 0 saturated carbocycles. The molecule has 0 aliphatic carbocycles. The molecule has 0 bridgehead atoms. The van der Waals surface area contributed by atoms with Gasteiger partial charge in [-0.05, 0) is 75.5 Å². The largest absolute Gasteiger partial charge is 0.508 e. The monoisotopic (exact) mass is 785 g/mol. The number of Topliss-reactive ketones (excluding diaryl/α,β-unsaturated/α-hetero) is 1. The number of rotatable bonds is 20. The topological polar surface area (TPSA) is 134 Å². The van der Waals surface area contributed by atoms with Crippen LogP contribution in [0.4, 0.5) is 0 Å². The Morgan fingerprint density at radius 1 is 0.632 bits per heavy atom. The Balaban J connectivity index is 1.93. The first-order chi connectivity index (χ1) is 26.9. The van der Waals surface area contributed by atoms with Crippen LogP contribution >= 0.6 is 0 Å². The minimum Gasteiger partial charge on any atom is -0.508 e. The Hall–Kier alpha value is -5.03. The summed E-state index contributed by atoms with van der Waals surface area (Å²) in [6, 6.07) is 19.2. The normalized spacial score (nSPS) is 14.5. The number of carbonyl (C=O) groups is 5. The number of aromatic hydroxyl groups is 1. The van der Waals surface area contributed by atoms with Crippen molar-refractivity contribution in [1.82, 2.24) is 14.7 Å². The molecule has 3 rings (SSSR count). The van der Waals surface area contributed by atoms with Gasteiger partial charge in [0.2, 0.25) is 11.8 Å². The summed E-state index contributed by atoms with van der Waals surface area (Å²) in [7, 11) is 7.92. The Morgan fingerprint density at radius 3 is 1.51 bits per heavy atom. The molecule has 0 spiro atoms. The van der Waals surface area contributed by atoms with Crippen molar-refractivity contribution in [2.45, 2.75) is 97.9 Å². The number of nitrogens with zero attached hydrogens (tertiary/aromatic N) is 3. The lowest BCUT2D eigenvalue weighted by Gasteiger charge is -2.36. The average Bonchev–Trinajstić information content (AvgIpc) is 3.19. The highest BCUT2D eigenvalue weighted by molar-refractivity contribution is 5.94. The molecule has 0 radical (unpaired) electrons. The van der Waals surface area contributed by atoms with Crippen LogP contribution in [0.15, 0.2) is 72.8 Å². The van der Waals surface area contributed by atoms with E-state index in [1.807, 2.05) is 90.1 Å². The molecule has 0 heterocycles. The maximum absolute atomic E-state index is 14.6. The Morgan fingerprint density at radius 2 is 1.07 bits per heavy atom. The first kappa shape index (κ1) is 46.4. The van der Waals surface area contributed by atoms with Crippen molar-refractivity contribution in [2.24, 2.45) is 17.8 Å². The molecule has 57 heavy (non-hydrogen) atoms. The summed E-state index contributed by atoms with van der Waals surface area (Å²) in [5.41, 5.74) is 4.63. The van der Waals surface area contributed by atoms with Crippen LogP contribution in [-0.4, -0.2) is 109 Å². The summed E-state index contributed by atoms with van der Waals surface area (Å²) in [6.07, 6.45) is -0.0562. The lowest BCUT2D eigenvalue weighted by molar-refractivity contribution is -0.163. The quantitative estimate of drug-likeness (QED) is 0.137. The molecular weight excluding hydrogens is 723 g/mol. The molecule has 310 valence electrons. The Kier molecular flexibility index (Phi) is 17.5. The number of hydrogen-bond donors (Lipinski definition) is 1. The van der Waals surface area contributed by atoms with Crippen LogP contribution in [0, 0.1) is 31.6 Å². The second-order valence-corrected chi connectivity index (χ2v) is 15.9. The molecule has 0 aromatic heterocycles. The van der Waals surface area contributed by atoms with Gasteiger partial charge in [0.05, 0.1) is 7.11 Å². The number of phenols is 1. The van der Waals surface area contributed by atoms with E-state index in [2.05, 4.69) is 0 Å². The smallest absolute Gasteiger partial charge is 0.328 e. The highest BCUT2D eigenvalue weighted by Crippen LogP contribution is 2.26. The molecule has 6 atom stereocenters. The fourth-order valence-corrected chi connectivity index (χ4v) is 6.79.